The summed E-state index contributed by atoms with van der Waals surface area (Å²) in [4.78, 5) is 30.2. The van der Waals surface area contributed by atoms with Gasteiger partial charge in [-0.25, -0.2) is 0 Å². The number of nitrogens with zero attached hydrogens (tertiary/aromatic N) is 1. The van der Waals surface area contributed by atoms with Crippen LogP contribution in [0.5, 0.6) is 17.2 Å². The zero-order valence-electron chi connectivity index (χ0n) is 20.6. The third-order valence-electron chi connectivity index (χ3n) is 6.33. The molecule has 0 spiro atoms. The van der Waals surface area contributed by atoms with E-state index in [-0.39, 0.29) is 11.8 Å². The van der Waals surface area contributed by atoms with Crippen molar-refractivity contribution in [3.8, 4) is 17.2 Å². The van der Waals surface area contributed by atoms with Crippen LogP contribution in [0.2, 0.25) is 5.02 Å². The van der Waals surface area contributed by atoms with E-state index in [1.54, 1.807) is 54.0 Å². The van der Waals surface area contributed by atoms with Crippen molar-refractivity contribution in [1.29, 1.82) is 0 Å². The third-order valence-corrected chi connectivity index (χ3v) is 7.31. The highest BCUT2D eigenvalue weighted by Crippen LogP contribution is 2.46. The first-order valence-electron chi connectivity index (χ1n) is 11.1. The molecule has 1 aliphatic rings. The molecule has 36 heavy (non-hydrogen) atoms. The second kappa shape index (κ2) is 10.7. The van der Waals surface area contributed by atoms with Crippen LogP contribution in [0.15, 0.2) is 59.5 Å². The number of anilines is 1. The maximum Gasteiger partial charge on any atom is 0.254 e. The maximum absolute atomic E-state index is 14.0. The van der Waals surface area contributed by atoms with Crippen LogP contribution in [0.25, 0.3) is 0 Å². The quantitative estimate of drug-likeness (QED) is 0.402. The summed E-state index contributed by atoms with van der Waals surface area (Å²) in [6.07, 6.45) is 2.00. The Morgan fingerprint density at radius 2 is 1.58 bits per heavy atom. The molecule has 7 nitrogen and oxygen atoms in total. The van der Waals surface area contributed by atoms with E-state index in [1.807, 2.05) is 30.5 Å². The van der Waals surface area contributed by atoms with Gasteiger partial charge in [-0.15, -0.1) is 11.8 Å². The second-order valence-corrected chi connectivity index (χ2v) is 9.56. The minimum atomic E-state index is -0.758. The minimum absolute atomic E-state index is 0.214. The van der Waals surface area contributed by atoms with Crippen LogP contribution in [-0.4, -0.2) is 51.3 Å². The highest BCUT2D eigenvalue weighted by atomic mass is 35.5. The number of benzene rings is 3. The van der Waals surface area contributed by atoms with Gasteiger partial charge in [-0.1, -0.05) is 23.7 Å². The molecule has 0 unspecified atom stereocenters. The third kappa shape index (κ3) is 4.70. The molecular formula is C27H27ClN2O5S. The van der Waals surface area contributed by atoms with Gasteiger partial charge in [0, 0.05) is 22.5 Å². The molecule has 4 rings (SSSR count). The Morgan fingerprint density at radius 3 is 2.19 bits per heavy atom. The first-order valence-corrected chi connectivity index (χ1v) is 12.7. The number of methoxy groups -OCH3 is 3. The highest BCUT2D eigenvalue weighted by molar-refractivity contribution is 7.98. The molecule has 2 atom stereocenters. The molecule has 0 radical (unpaired) electrons. The molecule has 1 N–H and O–H groups in total. The predicted octanol–water partition coefficient (Wildman–Crippen LogP) is 5.64. The summed E-state index contributed by atoms with van der Waals surface area (Å²) in [5.74, 6) is 0.0315. The van der Waals surface area contributed by atoms with Gasteiger partial charge in [0.1, 0.15) is 5.75 Å². The van der Waals surface area contributed by atoms with E-state index in [4.69, 9.17) is 25.8 Å². The summed E-state index contributed by atoms with van der Waals surface area (Å²) in [7, 11) is 6.25. The number of carbonyl (C=O) groups excluding carboxylic acids is 2. The second-order valence-electron chi connectivity index (χ2n) is 8.24. The van der Waals surface area contributed by atoms with E-state index in [0.29, 0.717) is 39.1 Å². The first kappa shape index (κ1) is 25.7. The molecule has 0 bridgehead atoms. The van der Waals surface area contributed by atoms with Crippen molar-refractivity contribution in [2.45, 2.75) is 16.9 Å². The molecule has 1 heterocycles. The number of carbonyl (C=O) groups is 2. The molecule has 0 aliphatic carbocycles. The van der Waals surface area contributed by atoms with Gasteiger partial charge in [-0.2, -0.15) is 0 Å². The summed E-state index contributed by atoms with van der Waals surface area (Å²) < 4.78 is 16.4. The fourth-order valence-corrected chi connectivity index (χ4v) is 5.12. The molecule has 188 valence electrons. The first-order chi connectivity index (χ1) is 17.3. The average Bonchev–Trinajstić information content (AvgIpc) is 2.90. The largest absolute Gasteiger partial charge is 0.495 e. The lowest BCUT2D eigenvalue weighted by Gasteiger charge is -2.40. The Labute approximate surface area is 219 Å². The van der Waals surface area contributed by atoms with E-state index in [9.17, 15) is 9.59 Å². The Kier molecular flexibility index (Phi) is 7.66. The molecule has 0 fully saturated rings. The molecule has 1 aliphatic heterocycles. The van der Waals surface area contributed by atoms with Gasteiger partial charge in [0.25, 0.3) is 5.91 Å². The highest BCUT2D eigenvalue weighted by Gasteiger charge is 2.43. The van der Waals surface area contributed by atoms with Gasteiger partial charge in [-0.3, -0.25) is 9.59 Å². The van der Waals surface area contributed by atoms with E-state index in [1.165, 1.54) is 21.3 Å². The number of thioether (sulfide) groups is 1. The zero-order chi connectivity index (χ0) is 26.0. The Hall–Kier alpha value is -3.36. The van der Waals surface area contributed by atoms with E-state index in [0.717, 1.165) is 10.5 Å². The standard InChI is InChI=1S/C27H27ClN2O5S/c1-30-25(15-6-9-17(36-5)10-7-15)24(26(31)29-20-12-16(28)8-11-21(20)33-2)18-13-22(34-3)23(35-4)14-19(18)27(30)32/h6-14,24-25H,1-5H3,(H,29,31)/t24-,25+/m0/s1. The maximum atomic E-state index is 14.0. The molecule has 0 aromatic heterocycles. The number of fused-ring (bicyclic) bond motifs is 1. The van der Waals surface area contributed by atoms with Crippen molar-refractivity contribution in [2.75, 3.05) is 39.9 Å². The normalized spacial score (nSPS) is 16.8. The van der Waals surface area contributed by atoms with Crippen LogP contribution >= 0.6 is 23.4 Å². The van der Waals surface area contributed by atoms with E-state index < -0.39 is 12.0 Å². The summed E-state index contributed by atoms with van der Waals surface area (Å²) >= 11 is 7.82. The van der Waals surface area contributed by atoms with Crippen LogP contribution in [0.3, 0.4) is 0 Å². The molecule has 3 aromatic carbocycles. The number of nitrogens with one attached hydrogen (secondary N) is 1. The Morgan fingerprint density at radius 1 is 0.944 bits per heavy atom. The number of halogens is 1. The Balaban J connectivity index is 1.89. The van der Waals surface area contributed by atoms with E-state index in [2.05, 4.69) is 5.32 Å². The molecular weight excluding hydrogens is 500 g/mol. The average molecular weight is 527 g/mol. The number of amides is 2. The number of rotatable bonds is 7. The van der Waals surface area contributed by atoms with Crippen molar-refractivity contribution in [3.05, 3.63) is 76.3 Å². The summed E-state index contributed by atoms with van der Waals surface area (Å²) in [5, 5.41) is 3.43. The van der Waals surface area contributed by atoms with Crippen molar-refractivity contribution < 1.29 is 23.8 Å². The van der Waals surface area contributed by atoms with Crippen molar-refractivity contribution in [1.82, 2.24) is 4.90 Å². The Bertz CT molecular complexity index is 1300. The fraction of sp³-hybridized carbons (Fsp3) is 0.259. The minimum Gasteiger partial charge on any atom is -0.495 e. The number of likely N-dealkylation sites (N-methyl/N-ethyl adjacent to an activating group) is 1. The summed E-state index contributed by atoms with van der Waals surface area (Å²) in [5.41, 5.74) is 2.20. The molecule has 3 aromatic rings. The SMILES string of the molecule is COc1ccc(Cl)cc1NC(=O)[C@H]1c2cc(OC)c(OC)cc2C(=O)N(C)[C@@H]1c1ccc(SC)cc1. The number of hydrogen-bond acceptors (Lipinski definition) is 6. The number of ether oxygens (including phenoxy) is 3. The van der Waals surface area contributed by atoms with Gasteiger partial charge >= 0.3 is 0 Å². The van der Waals surface area contributed by atoms with Crippen LogP contribution < -0.4 is 19.5 Å². The van der Waals surface area contributed by atoms with Crippen LogP contribution in [0, 0.1) is 0 Å². The van der Waals surface area contributed by atoms with Crippen LogP contribution in [0.4, 0.5) is 5.69 Å². The van der Waals surface area contributed by atoms with Crippen molar-refractivity contribution in [2.24, 2.45) is 0 Å². The van der Waals surface area contributed by atoms with Crippen LogP contribution in [-0.2, 0) is 4.79 Å². The van der Waals surface area contributed by atoms with Gasteiger partial charge in [0.2, 0.25) is 5.91 Å². The lowest BCUT2D eigenvalue weighted by molar-refractivity contribution is -0.119. The summed E-state index contributed by atoms with van der Waals surface area (Å²) in [6, 6.07) is 15.6. The van der Waals surface area contributed by atoms with Gasteiger partial charge in [0.05, 0.1) is 39.0 Å². The van der Waals surface area contributed by atoms with Gasteiger partial charge < -0.3 is 24.4 Å². The van der Waals surface area contributed by atoms with Crippen LogP contribution in [0.1, 0.15) is 33.4 Å². The van der Waals surface area contributed by atoms with Gasteiger partial charge in [0.15, 0.2) is 11.5 Å². The van der Waals surface area contributed by atoms with Crippen molar-refractivity contribution in [3.63, 3.8) is 0 Å². The number of hydrogen-bond donors (Lipinski definition) is 1. The smallest absolute Gasteiger partial charge is 0.254 e. The van der Waals surface area contributed by atoms with Crippen molar-refractivity contribution >= 4 is 40.9 Å². The molecule has 0 saturated heterocycles. The molecule has 0 saturated carbocycles. The fourth-order valence-electron chi connectivity index (χ4n) is 4.54. The molecule has 9 heteroatoms. The lowest BCUT2D eigenvalue weighted by Crippen LogP contribution is -2.44. The molecule has 2 amide bonds. The topological polar surface area (TPSA) is 77.1 Å². The lowest BCUT2D eigenvalue weighted by atomic mass is 9.79. The van der Waals surface area contributed by atoms with Gasteiger partial charge in [-0.05, 0) is 59.8 Å². The summed E-state index contributed by atoms with van der Waals surface area (Å²) in [6.45, 7) is 0. The zero-order valence-corrected chi connectivity index (χ0v) is 22.2. The monoisotopic (exact) mass is 526 g/mol. The van der Waals surface area contributed by atoms with E-state index >= 15 is 0 Å². The predicted molar refractivity (Wildman–Crippen MR) is 142 cm³/mol.